The second-order valence-electron chi connectivity index (χ2n) is 4.43. The number of carbonyl (C=O) groups is 1. The minimum atomic E-state index is -0.633. The fourth-order valence-electron chi connectivity index (χ4n) is 1.75. The Bertz CT molecular complexity index is 731. The number of aryl methyl sites for hydroxylation is 1. The van der Waals surface area contributed by atoms with Crippen molar-refractivity contribution in [2.75, 3.05) is 5.32 Å². The second-order valence-corrected chi connectivity index (χ2v) is 4.87. The first-order valence-corrected chi connectivity index (χ1v) is 6.30. The van der Waals surface area contributed by atoms with Crippen molar-refractivity contribution >= 4 is 28.9 Å². The predicted molar refractivity (Wildman–Crippen MR) is 78.9 cm³/mol. The SMILES string of the molecule is Cc1ccc(NC(=O)c2cc(Cl)cc([N+](=O)[O-])c2)c(O)c1. The fraction of sp³-hybridized carbons (Fsp3) is 0.0714. The molecule has 7 heteroatoms. The second kappa shape index (κ2) is 5.80. The summed E-state index contributed by atoms with van der Waals surface area (Å²) in [5.41, 5.74) is 0.812. The number of nitro benzene ring substituents is 1. The van der Waals surface area contributed by atoms with Crippen molar-refractivity contribution in [2.24, 2.45) is 0 Å². The zero-order valence-corrected chi connectivity index (χ0v) is 11.7. The maximum atomic E-state index is 12.1. The summed E-state index contributed by atoms with van der Waals surface area (Å²) >= 11 is 5.76. The molecule has 2 aromatic carbocycles. The highest BCUT2D eigenvalue weighted by molar-refractivity contribution is 6.31. The van der Waals surface area contributed by atoms with Crippen LogP contribution in [-0.2, 0) is 0 Å². The molecule has 0 bridgehead atoms. The van der Waals surface area contributed by atoms with Crippen LogP contribution in [0.2, 0.25) is 5.02 Å². The predicted octanol–water partition coefficient (Wildman–Crippen LogP) is 3.51. The van der Waals surface area contributed by atoms with Crippen molar-refractivity contribution in [3.63, 3.8) is 0 Å². The molecular formula is C14H11ClN2O4. The fourth-order valence-corrected chi connectivity index (χ4v) is 1.98. The molecule has 0 fully saturated rings. The molecule has 21 heavy (non-hydrogen) atoms. The molecule has 0 aliphatic rings. The van der Waals surface area contributed by atoms with Crippen LogP contribution in [0.4, 0.5) is 11.4 Å². The summed E-state index contributed by atoms with van der Waals surface area (Å²) in [6, 6.07) is 8.34. The summed E-state index contributed by atoms with van der Waals surface area (Å²) in [5, 5.41) is 23.1. The minimum Gasteiger partial charge on any atom is -0.506 e. The Hall–Kier alpha value is -2.60. The van der Waals surface area contributed by atoms with Crippen molar-refractivity contribution in [1.82, 2.24) is 0 Å². The molecule has 0 heterocycles. The first kappa shape index (κ1) is 14.8. The molecule has 0 aliphatic heterocycles. The number of carbonyl (C=O) groups excluding carboxylic acids is 1. The van der Waals surface area contributed by atoms with E-state index in [2.05, 4.69) is 5.32 Å². The van der Waals surface area contributed by atoms with E-state index in [1.807, 2.05) is 0 Å². The molecule has 0 saturated heterocycles. The third-order valence-electron chi connectivity index (χ3n) is 2.76. The Labute approximate surface area is 125 Å². The molecule has 2 aromatic rings. The van der Waals surface area contributed by atoms with Gasteiger partial charge in [0.15, 0.2) is 0 Å². The average Bonchev–Trinajstić information content (AvgIpc) is 2.41. The number of nitro groups is 1. The van der Waals surface area contributed by atoms with Crippen molar-refractivity contribution in [3.05, 3.63) is 62.7 Å². The van der Waals surface area contributed by atoms with Gasteiger partial charge in [-0.25, -0.2) is 0 Å². The molecular weight excluding hydrogens is 296 g/mol. The van der Waals surface area contributed by atoms with Crippen LogP contribution in [0.5, 0.6) is 5.75 Å². The van der Waals surface area contributed by atoms with E-state index in [4.69, 9.17) is 11.6 Å². The van der Waals surface area contributed by atoms with Crippen LogP contribution in [0.25, 0.3) is 0 Å². The number of benzene rings is 2. The number of hydrogen-bond acceptors (Lipinski definition) is 4. The lowest BCUT2D eigenvalue weighted by Gasteiger charge is -2.08. The van der Waals surface area contributed by atoms with Gasteiger partial charge in [-0.2, -0.15) is 0 Å². The van der Waals surface area contributed by atoms with Crippen molar-refractivity contribution in [3.8, 4) is 5.75 Å². The first-order chi connectivity index (χ1) is 9.86. The molecule has 0 atom stereocenters. The molecule has 108 valence electrons. The Morgan fingerprint density at radius 2 is 2.00 bits per heavy atom. The summed E-state index contributed by atoms with van der Waals surface area (Å²) in [4.78, 5) is 22.2. The van der Waals surface area contributed by atoms with Crippen molar-refractivity contribution in [2.45, 2.75) is 6.92 Å². The Morgan fingerprint density at radius 3 is 2.62 bits per heavy atom. The van der Waals surface area contributed by atoms with Crippen molar-refractivity contribution in [1.29, 1.82) is 0 Å². The van der Waals surface area contributed by atoms with E-state index < -0.39 is 10.8 Å². The number of phenolic OH excluding ortho intramolecular Hbond substituents is 1. The Balaban J connectivity index is 2.30. The van der Waals surface area contributed by atoms with Crippen LogP contribution in [0.1, 0.15) is 15.9 Å². The zero-order valence-electron chi connectivity index (χ0n) is 11.0. The number of nitrogens with one attached hydrogen (secondary N) is 1. The molecule has 0 radical (unpaired) electrons. The summed E-state index contributed by atoms with van der Waals surface area (Å²) < 4.78 is 0. The van der Waals surface area contributed by atoms with Crippen LogP contribution in [0.15, 0.2) is 36.4 Å². The van der Waals surface area contributed by atoms with E-state index in [9.17, 15) is 20.0 Å². The van der Waals surface area contributed by atoms with Crippen LogP contribution in [-0.4, -0.2) is 15.9 Å². The monoisotopic (exact) mass is 306 g/mol. The van der Waals surface area contributed by atoms with Gasteiger partial charge in [0, 0.05) is 22.7 Å². The highest BCUT2D eigenvalue weighted by Gasteiger charge is 2.15. The molecule has 6 nitrogen and oxygen atoms in total. The standard InChI is InChI=1S/C14H11ClN2O4/c1-8-2-3-12(13(18)4-8)16-14(19)9-5-10(15)7-11(6-9)17(20)21/h2-7,18H,1H3,(H,16,19). The largest absolute Gasteiger partial charge is 0.506 e. The summed E-state index contributed by atoms with van der Waals surface area (Å²) in [7, 11) is 0. The third kappa shape index (κ3) is 3.49. The first-order valence-electron chi connectivity index (χ1n) is 5.93. The van der Waals surface area contributed by atoms with Crippen LogP contribution in [0, 0.1) is 17.0 Å². The van der Waals surface area contributed by atoms with Gasteiger partial charge in [0.2, 0.25) is 0 Å². The third-order valence-corrected chi connectivity index (χ3v) is 2.98. The van der Waals surface area contributed by atoms with Gasteiger partial charge in [-0.05, 0) is 30.7 Å². The van der Waals surface area contributed by atoms with E-state index >= 15 is 0 Å². The molecule has 0 aromatic heterocycles. The molecule has 0 aliphatic carbocycles. The quantitative estimate of drug-likeness (QED) is 0.515. The summed E-state index contributed by atoms with van der Waals surface area (Å²) in [5.74, 6) is -0.681. The van der Waals surface area contributed by atoms with Crippen molar-refractivity contribution < 1.29 is 14.8 Å². The highest BCUT2D eigenvalue weighted by Crippen LogP contribution is 2.26. The van der Waals surface area contributed by atoms with Crippen LogP contribution >= 0.6 is 11.6 Å². The molecule has 0 unspecified atom stereocenters. The molecule has 2 N–H and O–H groups in total. The number of nitrogens with zero attached hydrogens (tertiary/aromatic N) is 1. The van der Waals surface area contributed by atoms with Gasteiger partial charge in [-0.15, -0.1) is 0 Å². The van der Waals surface area contributed by atoms with Gasteiger partial charge in [0.1, 0.15) is 5.75 Å². The molecule has 2 rings (SSSR count). The summed E-state index contributed by atoms with van der Waals surface area (Å²) in [6.07, 6.45) is 0. The Kier molecular flexibility index (Phi) is 4.09. The lowest BCUT2D eigenvalue weighted by molar-refractivity contribution is -0.384. The van der Waals surface area contributed by atoms with Crippen LogP contribution in [0.3, 0.4) is 0 Å². The highest BCUT2D eigenvalue weighted by atomic mass is 35.5. The molecule has 1 amide bonds. The zero-order chi connectivity index (χ0) is 15.6. The number of non-ortho nitro benzene ring substituents is 1. The maximum Gasteiger partial charge on any atom is 0.271 e. The number of rotatable bonds is 3. The summed E-state index contributed by atoms with van der Waals surface area (Å²) in [6.45, 7) is 1.80. The lowest BCUT2D eigenvalue weighted by atomic mass is 10.1. The van der Waals surface area contributed by atoms with Crippen LogP contribution < -0.4 is 5.32 Å². The minimum absolute atomic E-state index is 0.0363. The van der Waals surface area contributed by atoms with Gasteiger partial charge >= 0.3 is 0 Å². The maximum absolute atomic E-state index is 12.1. The van der Waals surface area contributed by atoms with Gasteiger partial charge in [0.25, 0.3) is 11.6 Å². The van der Waals surface area contributed by atoms with Gasteiger partial charge in [-0.1, -0.05) is 17.7 Å². The molecule has 0 spiro atoms. The molecule has 0 saturated carbocycles. The number of halogens is 1. The lowest BCUT2D eigenvalue weighted by Crippen LogP contribution is -2.12. The smallest absolute Gasteiger partial charge is 0.271 e. The normalized spacial score (nSPS) is 10.2. The Morgan fingerprint density at radius 1 is 1.29 bits per heavy atom. The van der Waals surface area contributed by atoms with E-state index in [0.717, 1.165) is 17.7 Å². The van der Waals surface area contributed by atoms with Gasteiger partial charge in [0.05, 0.1) is 10.6 Å². The average molecular weight is 307 g/mol. The van der Waals surface area contributed by atoms with E-state index in [1.54, 1.807) is 19.1 Å². The number of amides is 1. The number of phenols is 1. The number of hydrogen-bond donors (Lipinski definition) is 2. The van der Waals surface area contributed by atoms with E-state index in [-0.39, 0.29) is 27.7 Å². The number of aromatic hydroxyl groups is 1. The number of anilines is 1. The van der Waals surface area contributed by atoms with Gasteiger partial charge < -0.3 is 10.4 Å². The van der Waals surface area contributed by atoms with E-state index in [1.165, 1.54) is 12.1 Å². The van der Waals surface area contributed by atoms with Gasteiger partial charge in [-0.3, -0.25) is 14.9 Å². The van der Waals surface area contributed by atoms with E-state index in [0.29, 0.717) is 0 Å². The topological polar surface area (TPSA) is 92.5 Å².